The Bertz CT molecular complexity index is 688. The van der Waals surface area contributed by atoms with Gasteiger partial charge in [0.2, 0.25) is 0 Å². The van der Waals surface area contributed by atoms with Crippen LogP contribution < -0.4 is 5.32 Å². The van der Waals surface area contributed by atoms with E-state index in [2.05, 4.69) is 32.3 Å². The van der Waals surface area contributed by atoms with Crippen LogP contribution in [-0.4, -0.2) is 10.9 Å². The summed E-state index contributed by atoms with van der Waals surface area (Å²) < 4.78 is 0.735. The van der Waals surface area contributed by atoms with E-state index in [1.165, 1.54) is 17.5 Å². The molecule has 0 aliphatic heterocycles. The molecule has 0 fully saturated rings. The van der Waals surface area contributed by atoms with Crippen LogP contribution in [0.4, 0.5) is 5.00 Å². The second-order valence-electron chi connectivity index (χ2n) is 3.95. The molecule has 0 aliphatic carbocycles. The minimum absolute atomic E-state index is 0.272. The van der Waals surface area contributed by atoms with Gasteiger partial charge in [0.1, 0.15) is 11.1 Å². The van der Waals surface area contributed by atoms with Crippen molar-refractivity contribution in [1.29, 1.82) is 5.26 Å². The third-order valence-corrected chi connectivity index (χ3v) is 4.25. The van der Waals surface area contributed by atoms with E-state index in [0.29, 0.717) is 16.1 Å². The number of nitriles is 1. The lowest BCUT2D eigenvalue weighted by Crippen LogP contribution is -2.12. The van der Waals surface area contributed by atoms with Gasteiger partial charge in [-0.1, -0.05) is 0 Å². The predicted octanol–water partition coefficient (Wildman–Crippen LogP) is 3.65. The molecule has 0 atom stereocenters. The number of aryl methyl sites for hydroxylation is 1. The number of nitrogens with zero attached hydrogens (tertiary/aromatic N) is 2. The maximum Gasteiger partial charge on any atom is 0.257 e. The number of carbonyl (C=O) groups excluding carboxylic acids is 1. The van der Waals surface area contributed by atoms with Crippen molar-refractivity contribution in [3.63, 3.8) is 0 Å². The topological polar surface area (TPSA) is 65.8 Å². The van der Waals surface area contributed by atoms with Gasteiger partial charge in [-0.3, -0.25) is 9.78 Å². The number of aromatic nitrogens is 1. The van der Waals surface area contributed by atoms with E-state index in [1.54, 1.807) is 12.3 Å². The average Bonchev–Trinajstić information content (AvgIpc) is 2.64. The van der Waals surface area contributed by atoms with Gasteiger partial charge >= 0.3 is 0 Å². The highest BCUT2D eigenvalue weighted by molar-refractivity contribution is 9.10. The summed E-state index contributed by atoms with van der Waals surface area (Å²) in [6, 6.07) is 3.81. The van der Waals surface area contributed by atoms with Crippen LogP contribution in [0.2, 0.25) is 0 Å². The van der Waals surface area contributed by atoms with E-state index in [4.69, 9.17) is 5.26 Å². The number of amides is 1. The highest BCUT2D eigenvalue weighted by Crippen LogP contribution is 2.31. The molecule has 19 heavy (non-hydrogen) atoms. The molecule has 0 aromatic carbocycles. The molecule has 2 aromatic rings. The second kappa shape index (κ2) is 5.51. The molecule has 6 heteroatoms. The summed E-state index contributed by atoms with van der Waals surface area (Å²) in [7, 11) is 0. The van der Waals surface area contributed by atoms with Crippen molar-refractivity contribution in [2.24, 2.45) is 0 Å². The summed E-state index contributed by atoms with van der Waals surface area (Å²) in [5.41, 5.74) is 1.89. The quantitative estimate of drug-likeness (QED) is 0.910. The fourth-order valence-electron chi connectivity index (χ4n) is 1.56. The fourth-order valence-corrected chi connectivity index (χ4v) is 2.93. The first-order chi connectivity index (χ1) is 9.02. The van der Waals surface area contributed by atoms with Crippen molar-refractivity contribution in [2.75, 3.05) is 5.32 Å². The summed E-state index contributed by atoms with van der Waals surface area (Å²) in [6.45, 7) is 3.80. The van der Waals surface area contributed by atoms with E-state index in [9.17, 15) is 4.79 Å². The SMILES string of the molecule is Cc1sc(NC(=O)c2cncc(Br)c2)c(C#N)c1C. The van der Waals surface area contributed by atoms with Gasteiger partial charge in [-0.2, -0.15) is 5.26 Å². The van der Waals surface area contributed by atoms with Crippen molar-refractivity contribution in [1.82, 2.24) is 4.98 Å². The summed E-state index contributed by atoms with van der Waals surface area (Å²) >= 11 is 4.67. The lowest BCUT2D eigenvalue weighted by Gasteiger charge is -2.03. The highest BCUT2D eigenvalue weighted by Gasteiger charge is 2.15. The van der Waals surface area contributed by atoms with E-state index in [0.717, 1.165) is 14.9 Å². The third kappa shape index (κ3) is 2.83. The Hall–Kier alpha value is -1.71. The maximum absolute atomic E-state index is 12.1. The molecule has 96 valence electrons. The van der Waals surface area contributed by atoms with Crippen molar-refractivity contribution in [3.05, 3.63) is 44.5 Å². The number of nitrogens with one attached hydrogen (secondary N) is 1. The molecule has 0 spiro atoms. The Morgan fingerprint density at radius 1 is 1.47 bits per heavy atom. The standard InChI is InChI=1S/C13H10BrN3OS/c1-7-8(2)19-13(11(7)4-15)17-12(18)9-3-10(14)6-16-5-9/h3,5-6H,1-2H3,(H,17,18). The minimum atomic E-state index is -0.272. The first-order valence-corrected chi connectivity index (χ1v) is 7.06. The molecule has 2 rings (SSSR count). The van der Waals surface area contributed by atoms with E-state index >= 15 is 0 Å². The highest BCUT2D eigenvalue weighted by atomic mass is 79.9. The van der Waals surface area contributed by atoms with Gasteiger partial charge in [0, 0.05) is 21.7 Å². The molecule has 4 nitrogen and oxygen atoms in total. The molecule has 0 saturated heterocycles. The number of pyridine rings is 1. The zero-order valence-electron chi connectivity index (χ0n) is 10.3. The van der Waals surface area contributed by atoms with Gasteiger partial charge in [0.05, 0.1) is 11.1 Å². The summed E-state index contributed by atoms with van der Waals surface area (Å²) in [5.74, 6) is -0.272. The fraction of sp³-hybridized carbons (Fsp3) is 0.154. The Morgan fingerprint density at radius 2 is 2.21 bits per heavy atom. The number of thiophene rings is 1. The van der Waals surface area contributed by atoms with Gasteiger partial charge in [0.25, 0.3) is 5.91 Å². The zero-order chi connectivity index (χ0) is 14.0. The van der Waals surface area contributed by atoms with Crippen LogP contribution in [0.15, 0.2) is 22.9 Å². The van der Waals surface area contributed by atoms with Gasteiger partial charge in [-0.15, -0.1) is 11.3 Å². The number of rotatable bonds is 2. The Morgan fingerprint density at radius 3 is 2.84 bits per heavy atom. The number of hydrogen-bond acceptors (Lipinski definition) is 4. The van der Waals surface area contributed by atoms with Gasteiger partial charge in [-0.05, 0) is 41.4 Å². The van der Waals surface area contributed by atoms with Crippen molar-refractivity contribution >= 4 is 38.2 Å². The lowest BCUT2D eigenvalue weighted by atomic mass is 10.2. The van der Waals surface area contributed by atoms with Gasteiger partial charge in [-0.25, -0.2) is 0 Å². The second-order valence-corrected chi connectivity index (χ2v) is 6.09. The Labute approximate surface area is 123 Å². The molecular formula is C13H10BrN3OS. The van der Waals surface area contributed by atoms with E-state index in [-0.39, 0.29) is 5.91 Å². The minimum Gasteiger partial charge on any atom is -0.312 e. The first-order valence-electron chi connectivity index (χ1n) is 5.45. The Kier molecular flexibility index (Phi) is 3.98. The van der Waals surface area contributed by atoms with E-state index < -0.39 is 0 Å². The average molecular weight is 336 g/mol. The molecule has 2 aromatic heterocycles. The zero-order valence-corrected chi connectivity index (χ0v) is 12.7. The van der Waals surface area contributed by atoms with Crippen LogP contribution >= 0.6 is 27.3 Å². The van der Waals surface area contributed by atoms with Crippen LogP contribution in [0.3, 0.4) is 0 Å². The van der Waals surface area contributed by atoms with Gasteiger partial charge in [0.15, 0.2) is 0 Å². The van der Waals surface area contributed by atoms with Crippen LogP contribution in [0.5, 0.6) is 0 Å². The summed E-state index contributed by atoms with van der Waals surface area (Å²) in [4.78, 5) is 17.1. The van der Waals surface area contributed by atoms with Crippen LogP contribution in [0.1, 0.15) is 26.4 Å². The molecule has 2 heterocycles. The van der Waals surface area contributed by atoms with Crippen molar-refractivity contribution < 1.29 is 4.79 Å². The first kappa shape index (κ1) is 13.7. The Balaban J connectivity index is 2.30. The molecule has 0 aliphatic rings. The van der Waals surface area contributed by atoms with Gasteiger partial charge < -0.3 is 5.32 Å². The van der Waals surface area contributed by atoms with Crippen LogP contribution in [0.25, 0.3) is 0 Å². The maximum atomic E-state index is 12.1. The number of hydrogen-bond donors (Lipinski definition) is 1. The molecular weight excluding hydrogens is 326 g/mol. The third-order valence-electron chi connectivity index (χ3n) is 2.69. The summed E-state index contributed by atoms with van der Waals surface area (Å²) in [5, 5.41) is 12.5. The normalized spacial score (nSPS) is 10.0. The van der Waals surface area contributed by atoms with Crippen molar-refractivity contribution in [3.8, 4) is 6.07 Å². The number of anilines is 1. The van der Waals surface area contributed by atoms with Crippen molar-refractivity contribution in [2.45, 2.75) is 13.8 Å². The molecule has 0 radical (unpaired) electrons. The smallest absolute Gasteiger partial charge is 0.257 e. The predicted molar refractivity (Wildman–Crippen MR) is 78.4 cm³/mol. The molecule has 1 N–H and O–H groups in total. The number of carbonyl (C=O) groups is 1. The lowest BCUT2D eigenvalue weighted by molar-refractivity contribution is 0.102. The largest absolute Gasteiger partial charge is 0.312 e. The monoisotopic (exact) mass is 335 g/mol. The molecule has 0 saturated carbocycles. The molecule has 1 amide bonds. The number of halogens is 1. The molecule has 0 bridgehead atoms. The summed E-state index contributed by atoms with van der Waals surface area (Å²) in [6.07, 6.45) is 3.09. The van der Waals surface area contributed by atoms with Crippen LogP contribution in [-0.2, 0) is 0 Å². The van der Waals surface area contributed by atoms with Crippen LogP contribution in [0, 0.1) is 25.2 Å². The molecule has 0 unspecified atom stereocenters. The van der Waals surface area contributed by atoms with E-state index in [1.807, 2.05) is 13.8 Å².